The van der Waals surface area contributed by atoms with Gasteiger partial charge in [-0.1, -0.05) is 20.8 Å². The summed E-state index contributed by atoms with van der Waals surface area (Å²) in [4.78, 5) is 24.9. The molecule has 0 saturated heterocycles. The number of hydrogen-bond acceptors (Lipinski definition) is 2. The Morgan fingerprint density at radius 2 is 1.88 bits per heavy atom. The van der Waals surface area contributed by atoms with Crippen LogP contribution in [0.2, 0.25) is 0 Å². The number of ketones is 2. The second-order valence-corrected chi connectivity index (χ2v) is 9.86. The van der Waals surface area contributed by atoms with Crippen molar-refractivity contribution in [3.63, 3.8) is 0 Å². The van der Waals surface area contributed by atoms with Crippen LogP contribution in [0.3, 0.4) is 0 Å². The van der Waals surface area contributed by atoms with Crippen molar-refractivity contribution in [1.29, 1.82) is 0 Å². The quantitative estimate of drug-likeness (QED) is 0.624. The van der Waals surface area contributed by atoms with Gasteiger partial charge in [0.1, 0.15) is 0 Å². The molecule has 4 aliphatic carbocycles. The lowest BCUT2D eigenvalue weighted by Crippen LogP contribution is -2.53. The van der Waals surface area contributed by atoms with Crippen molar-refractivity contribution in [2.75, 3.05) is 0 Å². The highest BCUT2D eigenvalue weighted by Gasteiger charge is 2.61. The fraction of sp³-hybridized carbons (Fsp3) is 0.750. The summed E-state index contributed by atoms with van der Waals surface area (Å²) in [5, 5.41) is 0. The molecule has 26 heavy (non-hydrogen) atoms. The summed E-state index contributed by atoms with van der Waals surface area (Å²) in [6.45, 7) is 9.01. The third kappa shape index (κ3) is 2.39. The first-order valence-electron chi connectivity index (χ1n) is 10.5. The standard InChI is InChI=1S/C24H32O2/c1-5-6-15(2)18-7-8-19-17-14-22(26)21-13-16(25)9-11-24(21,4)20(17)10-12-23(18,19)3/h13,15,17-20H,7-12,14H2,1-4H3. The zero-order valence-corrected chi connectivity index (χ0v) is 16.7. The van der Waals surface area contributed by atoms with Crippen LogP contribution in [0, 0.1) is 52.3 Å². The lowest BCUT2D eigenvalue weighted by atomic mass is 9.46. The molecule has 3 fully saturated rings. The average molecular weight is 353 g/mol. The van der Waals surface area contributed by atoms with E-state index in [1.54, 1.807) is 6.08 Å². The zero-order valence-electron chi connectivity index (χ0n) is 16.7. The van der Waals surface area contributed by atoms with Crippen molar-refractivity contribution in [2.45, 2.75) is 72.6 Å². The van der Waals surface area contributed by atoms with Crippen LogP contribution in [0.5, 0.6) is 0 Å². The van der Waals surface area contributed by atoms with Crippen LogP contribution in [0.1, 0.15) is 72.6 Å². The Morgan fingerprint density at radius 1 is 1.12 bits per heavy atom. The molecule has 4 aliphatic rings. The summed E-state index contributed by atoms with van der Waals surface area (Å²) in [5.41, 5.74) is 1.12. The van der Waals surface area contributed by atoms with Gasteiger partial charge in [0.15, 0.2) is 11.6 Å². The number of Topliss-reactive ketones (excluding diaryl/α,β-unsaturated/α-hetero) is 1. The number of fused-ring (bicyclic) bond motifs is 5. The lowest BCUT2D eigenvalue weighted by molar-refractivity contribution is -0.131. The van der Waals surface area contributed by atoms with E-state index in [9.17, 15) is 9.59 Å². The molecule has 0 radical (unpaired) electrons. The molecule has 0 N–H and O–H groups in total. The molecule has 4 rings (SSSR count). The Morgan fingerprint density at radius 3 is 2.62 bits per heavy atom. The number of carbonyl (C=O) groups excluding carboxylic acids is 2. The fourth-order valence-corrected chi connectivity index (χ4v) is 7.58. The Kier molecular flexibility index (Phi) is 4.22. The Hall–Kier alpha value is -1.36. The van der Waals surface area contributed by atoms with Crippen molar-refractivity contribution >= 4 is 11.6 Å². The van der Waals surface area contributed by atoms with E-state index < -0.39 is 0 Å². The van der Waals surface area contributed by atoms with Crippen LogP contribution in [-0.4, -0.2) is 11.6 Å². The van der Waals surface area contributed by atoms with Gasteiger partial charge in [-0.2, -0.15) is 0 Å². The number of allylic oxidation sites excluding steroid dienone is 1. The van der Waals surface area contributed by atoms with Crippen molar-refractivity contribution in [3.8, 4) is 11.8 Å². The van der Waals surface area contributed by atoms with Crippen LogP contribution in [-0.2, 0) is 9.59 Å². The summed E-state index contributed by atoms with van der Waals surface area (Å²) in [6.07, 6.45) is 8.82. The predicted molar refractivity (Wildman–Crippen MR) is 103 cm³/mol. The number of carbonyl (C=O) groups is 2. The minimum Gasteiger partial charge on any atom is -0.295 e. The normalized spacial score (nSPS) is 45.6. The van der Waals surface area contributed by atoms with E-state index in [4.69, 9.17) is 0 Å². The average Bonchev–Trinajstić information content (AvgIpc) is 2.94. The molecule has 0 spiro atoms. The SMILES string of the molecule is CC#CC(C)C1CCC2C3CC(=O)C4=CC(=O)CCC4(C)C3CCC12C. The lowest BCUT2D eigenvalue weighted by Gasteiger charge is -2.57. The second-order valence-electron chi connectivity index (χ2n) is 9.86. The van der Waals surface area contributed by atoms with Gasteiger partial charge in [-0.05, 0) is 79.6 Å². The Labute approximate surface area is 158 Å². The van der Waals surface area contributed by atoms with Gasteiger partial charge >= 0.3 is 0 Å². The third-order valence-corrected chi connectivity index (χ3v) is 8.84. The van der Waals surface area contributed by atoms with Gasteiger partial charge in [-0.3, -0.25) is 9.59 Å². The van der Waals surface area contributed by atoms with E-state index >= 15 is 0 Å². The first-order chi connectivity index (χ1) is 12.3. The van der Waals surface area contributed by atoms with Crippen molar-refractivity contribution in [2.24, 2.45) is 40.4 Å². The summed E-state index contributed by atoms with van der Waals surface area (Å²) in [7, 11) is 0. The fourth-order valence-electron chi connectivity index (χ4n) is 7.58. The topological polar surface area (TPSA) is 34.1 Å². The van der Waals surface area contributed by atoms with Crippen LogP contribution >= 0.6 is 0 Å². The maximum atomic E-state index is 13.0. The van der Waals surface area contributed by atoms with Crippen LogP contribution in [0.4, 0.5) is 0 Å². The molecule has 3 saturated carbocycles. The highest BCUT2D eigenvalue weighted by atomic mass is 16.1. The largest absolute Gasteiger partial charge is 0.295 e. The van der Waals surface area contributed by atoms with E-state index in [0.717, 1.165) is 12.0 Å². The molecule has 0 aromatic carbocycles. The van der Waals surface area contributed by atoms with Gasteiger partial charge < -0.3 is 0 Å². The van der Waals surface area contributed by atoms with Gasteiger partial charge in [0.25, 0.3) is 0 Å². The van der Waals surface area contributed by atoms with E-state index in [0.29, 0.717) is 47.8 Å². The summed E-state index contributed by atoms with van der Waals surface area (Å²) in [6, 6.07) is 0. The summed E-state index contributed by atoms with van der Waals surface area (Å²) < 4.78 is 0. The van der Waals surface area contributed by atoms with Crippen LogP contribution in [0.15, 0.2) is 11.6 Å². The van der Waals surface area contributed by atoms with Crippen molar-refractivity contribution in [1.82, 2.24) is 0 Å². The molecule has 2 nitrogen and oxygen atoms in total. The maximum Gasteiger partial charge on any atom is 0.159 e. The van der Waals surface area contributed by atoms with Gasteiger partial charge in [-0.25, -0.2) is 0 Å². The number of hydrogen-bond donors (Lipinski definition) is 0. The first-order valence-corrected chi connectivity index (χ1v) is 10.5. The maximum absolute atomic E-state index is 13.0. The smallest absolute Gasteiger partial charge is 0.159 e. The first kappa shape index (κ1) is 18.0. The Bertz CT molecular complexity index is 735. The van der Waals surface area contributed by atoms with Crippen molar-refractivity contribution < 1.29 is 9.59 Å². The summed E-state index contributed by atoms with van der Waals surface area (Å²) >= 11 is 0. The van der Waals surface area contributed by atoms with E-state index in [1.807, 2.05) is 6.92 Å². The van der Waals surface area contributed by atoms with Gasteiger partial charge in [0.05, 0.1) is 0 Å². The molecule has 0 aromatic heterocycles. The highest BCUT2D eigenvalue weighted by molar-refractivity contribution is 6.05. The molecule has 0 aromatic rings. The molecule has 0 heterocycles. The van der Waals surface area contributed by atoms with E-state index in [-0.39, 0.29) is 17.0 Å². The molecule has 140 valence electrons. The Balaban J connectivity index is 1.68. The monoisotopic (exact) mass is 352 g/mol. The van der Waals surface area contributed by atoms with Gasteiger partial charge in [0.2, 0.25) is 0 Å². The molecule has 0 aliphatic heterocycles. The zero-order chi connectivity index (χ0) is 18.7. The van der Waals surface area contributed by atoms with Gasteiger partial charge in [0, 0.05) is 24.3 Å². The molecule has 2 heteroatoms. The predicted octanol–water partition coefficient (Wildman–Crippen LogP) is 4.97. The minimum absolute atomic E-state index is 0.0673. The van der Waals surface area contributed by atoms with Crippen LogP contribution < -0.4 is 0 Å². The molecule has 7 atom stereocenters. The summed E-state index contributed by atoms with van der Waals surface area (Å²) in [5.74, 6) is 9.79. The number of rotatable bonds is 1. The van der Waals surface area contributed by atoms with E-state index in [2.05, 4.69) is 32.6 Å². The third-order valence-electron chi connectivity index (χ3n) is 8.84. The van der Waals surface area contributed by atoms with Crippen molar-refractivity contribution in [3.05, 3.63) is 11.6 Å². The molecule has 7 unspecified atom stereocenters. The van der Waals surface area contributed by atoms with E-state index in [1.165, 1.54) is 25.7 Å². The minimum atomic E-state index is -0.0673. The molecular formula is C24H32O2. The van der Waals surface area contributed by atoms with Crippen LogP contribution in [0.25, 0.3) is 0 Å². The highest BCUT2D eigenvalue weighted by Crippen LogP contribution is 2.66. The molecule has 0 amide bonds. The second kappa shape index (κ2) is 6.08. The van der Waals surface area contributed by atoms with Gasteiger partial charge in [-0.15, -0.1) is 11.8 Å². The molecule has 0 bridgehead atoms. The molecular weight excluding hydrogens is 320 g/mol.